The first kappa shape index (κ1) is 12.8. The van der Waals surface area contributed by atoms with Crippen LogP contribution in [0.5, 0.6) is 0 Å². The minimum atomic E-state index is -0.602. The Bertz CT molecular complexity index is 163. The monoisotopic (exact) mass is 201 g/mol. The molecule has 2 nitrogen and oxygen atoms in total. The fourth-order valence-corrected chi connectivity index (χ4v) is 1.76. The van der Waals surface area contributed by atoms with Crippen LogP contribution in [-0.4, -0.2) is 35.8 Å². The minimum absolute atomic E-state index is 0.602. The van der Waals surface area contributed by atoms with Gasteiger partial charge in [0.2, 0.25) is 0 Å². The largest absolute Gasteiger partial charge is 0.388 e. The van der Waals surface area contributed by atoms with Crippen molar-refractivity contribution in [3.8, 4) is 12.3 Å². The first-order chi connectivity index (χ1) is 6.12. The Balaban J connectivity index is 3.36. The van der Waals surface area contributed by atoms with Gasteiger partial charge in [-0.25, -0.2) is 0 Å². The summed E-state index contributed by atoms with van der Waals surface area (Å²) < 4.78 is 0. The van der Waals surface area contributed by atoms with Gasteiger partial charge in [0, 0.05) is 18.7 Å². The Labute approximate surface area is 85.5 Å². The van der Waals surface area contributed by atoms with E-state index >= 15 is 0 Å². The van der Waals surface area contributed by atoms with Crippen LogP contribution in [-0.2, 0) is 0 Å². The smallest absolute Gasteiger partial charge is 0.0833 e. The molecule has 0 aliphatic rings. The van der Waals surface area contributed by atoms with Crippen LogP contribution in [0.25, 0.3) is 0 Å². The van der Waals surface area contributed by atoms with Crippen molar-refractivity contribution in [2.75, 3.05) is 25.1 Å². The number of rotatable bonds is 7. The summed E-state index contributed by atoms with van der Waals surface area (Å²) in [5, 5.41) is 12.9. The standard InChI is InChI=1S/C10H19NOS/c1-4-5-6-7-11-8-10(2,12)9-13-3/h1,11-12H,5-9H2,2-3H3. The second-order valence-corrected chi connectivity index (χ2v) is 4.28. The van der Waals surface area contributed by atoms with E-state index in [1.165, 1.54) is 0 Å². The number of hydrogen-bond acceptors (Lipinski definition) is 3. The predicted molar refractivity (Wildman–Crippen MR) is 59.9 cm³/mol. The average Bonchev–Trinajstić information content (AvgIpc) is 2.04. The van der Waals surface area contributed by atoms with E-state index in [1.807, 2.05) is 13.2 Å². The number of unbranched alkanes of at least 4 members (excludes halogenated alkanes) is 1. The van der Waals surface area contributed by atoms with E-state index in [0.717, 1.165) is 25.1 Å². The van der Waals surface area contributed by atoms with Gasteiger partial charge in [-0.3, -0.25) is 0 Å². The van der Waals surface area contributed by atoms with Gasteiger partial charge in [0.1, 0.15) is 0 Å². The Morgan fingerprint density at radius 2 is 2.31 bits per heavy atom. The van der Waals surface area contributed by atoms with E-state index in [-0.39, 0.29) is 0 Å². The molecule has 0 amide bonds. The van der Waals surface area contributed by atoms with Crippen LogP contribution in [0.15, 0.2) is 0 Å². The van der Waals surface area contributed by atoms with E-state index in [1.54, 1.807) is 11.8 Å². The Kier molecular flexibility index (Phi) is 7.16. The molecule has 0 aliphatic carbocycles. The van der Waals surface area contributed by atoms with Crippen LogP contribution in [0.1, 0.15) is 19.8 Å². The fraction of sp³-hybridized carbons (Fsp3) is 0.800. The summed E-state index contributed by atoms with van der Waals surface area (Å²) in [5.74, 6) is 3.34. The molecule has 0 saturated heterocycles. The molecule has 0 aromatic rings. The van der Waals surface area contributed by atoms with Crippen LogP contribution in [0.3, 0.4) is 0 Å². The quantitative estimate of drug-likeness (QED) is 0.478. The molecule has 13 heavy (non-hydrogen) atoms. The number of nitrogens with one attached hydrogen (secondary N) is 1. The van der Waals surface area contributed by atoms with Gasteiger partial charge in [0.05, 0.1) is 5.60 Å². The lowest BCUT2D eigenvalue weighted by Crippen LogP contribution is -2.40. The maximum Gasteiger partial charge on any atom is 0.0833 e. The van der Waals surface area contributed by atoms with E-state index in [2.05, 4.69) is 11.2 Å². The normalized spacial score (nSPS) is 14.9. The highest BCUT2D eigenvalue weighted by Gasteiger charge is 2.18. The molecule has 76 valence electrons. The second-order valence-electron chi connectivity index (χ2n) is 3.41. The third kappa shape index (κ3) is 8.17. The highest BCUT2D eigenvalue weighted by Crippen LogP contribution is 2.08. The van der Waals surface area contributed by atoms with Gasteiger partial charge >= 0.3 is 0 Å². The van der Waals surface area contributed by atoms with Crippen molar-refractivity contribution in [1.29, 1.82) is 0 Å². The van der Waals surface area contributed by atoms with Crippen LogP contribution in [0, 0.1) is 12.3 Å². The van der Waals surface area contributed by atoms with Crippen molar-refractivity contribution in [3.05, 3.63) is 0 Å². The van der Waals surface area contributed by atoms with Crippen molar-refractivity contribution in [3.63, 3.8) is 0 Å². The summed E-state index contributed by atoms with van der Waals surface area (Å²) in [4.78, 5) is 0. The Morgan fingerprint density at radius 1 is 1.62 bits per heavy atom. The van der Waals surface area contributed by atoms with Crippen LogP contribution >= 0.6 is 11.8 Å². The lowest BCUT2D eigenvalue weighted by Gasteiger charge is -2.22. The highest BCUT2D eigenvalue weighted by atomic mass is 32.2. The number of terminal acetylenes is 1. The van der Waals surface area contributed by atoms with Gasteiger partial charge < -0.3 is 10.4 Å². The minimum Gasteiger partial charge on any atom is -0.388 e. The van der Waals surface area contributed by atoms with Crippen LogP contribution in [0.4, 0.5) is 0 Å². The zero-order valence-electron chi connectivity index (χ0n) is 8.47. The maximum atomic E-state index is 9.75. The van der Waals surface area contributed by atoms with Crippen molar-refractivity contribution in [2.45, 2.75) is 25.4 Å². The van der Waals surface area contributed by atoms with Crippen molar-refractivity contribution >= 4 is 11.8 Å². The summed E-state index contributed by atoms with van der Waals surface area (Å²) in [6, 6.07) is 0. The van der Waals surface area contributed by atoms with Crippen LogP contribution < -0.4 is 5.32 Å². The lowest BCUT2D eigenvalue weighted by molar-refractivity contribution is 0.0851. The molecule has 0 spiro atoms. The van der Waals surface area contributed by atoms with Crippen LogP contribution in [0.2, 0.25) is 0 Å². The SMILES string of the molecule is C#CCCCNCC(C)(O)CSC. The summed E-state index contributed by atoms with van der Waals surface area (Å²) >= 11 is 1.65. The average molecular weight is 201 g/mol. The number of aliphatic hydroxyl groups is 1. The molecule has 0 aromatic heterocycles. The molecule has 0 aromatic carbocycles. The van der Waals surface area contributed by atoms with Gasteiger partial charge in [-0.15, -0.1) is 12.3 Å². The molecule has 0 saturated carbocycles. The highest BCUT2D eigenvalue weighted by molar-refractivity contribution is 7.98. The van der Waals surface area contributed by atoms with E-state index in [0.29, 0.717) is 6.54 Å². The molecular formula is C10H19NOS. The summed E-state index contributed by atoms with van der Waals surface area (Å²) in [5.41, 5.74) is -0.602. The predicted octanol–water partition coefficient (Wildman–Crippen LogP) is 1.10. The van der Waals surface area contributed by atoms with Crippen molar-refractivity contribution in [2.24, 2.45) is 0 Å². The summed E-state index contributed by atoms with van der Waals surface area (Å²) in [7, 11) is 0. The van der Waals surface area contributed by atoms with Crippen molar-refractivity contribution < 1.29 is 5.11 Å². The fourth-order valence-electron chi connectivity index (χ4n) is 1.04. The molecule has 0 heterocycles. The molecule has 2 N–H and O–H groups in total. The number of hydrogen-bond donors (Lipinski definition) is 2. The molecule has 0 fully saturated rings. The zero-order valence-corrected chi connectivity index (χ0v) is 9.28. The molecule has 1 unspecified atom stereocenters. The molecule has 0 bridgehead atoms. The molecular weight excluding hydrogens is 182 g/mol. The topological polar surface area (TPSA) is 32.3 Å². The molecule has 1 atom stereocenters. The van der Waals surface area contributed by atoms with Gasteiger partial charge in [-0.2, -0.15) is 11.8 Å². The third-order valence-electron chi connectivity index (χ3n) is 1.64. The second kappa shape index (κ2) is 7.25. The van der Waals surface area contributed by atoms with E-state index in [4.69, 9.17) is 6.42 Å². The van der Waals surface area contributed by atoms with Crippen molar-refractivity contribution in [1.82, 2.24) is 5.32 Å². The van der Waals surface area contributed by atoms with Gasteiger partial charge in [-0.05, 0) is 26.1 Å². The van der Waals surface area contributed by atoms with E-state index in [9.17, 15) is 5.11 Å². The maximum absolute atomic E-state index is 9.75. The Hall–Kier alpha value is -0.170. The molecule has 0 rings (SSSR count). The molecule has 3 heteroatoms. The first-order valence-electron chi connectivity index (χ1n) is 4.48. The molecule has 0 aliphatic heterocycles. The number of thioether (sulfide) groups is 1. The van der Waals surface area contributed by atoms with Gasteiger partial charge in [0.15, 0.2) is 0 Å². The lowest BCUT2D eigenvalue weighted by atomic mass is 10.1. The third-order valence-corrected chi connectivity index (χ3v) is 2.55. The van der Waals surface area contributed by atoms with Gasteiger partial charge in [0.25, 0.3) is 0 Å². The van der Waals surface area contributed by atoms with Gasteiger partial charge in [-0.1, -0.05) is 0 Å². The first-order valence-corrected chi connectivity index (χ1v) is 5.87. The Morgan fingerprint density at radius 3 is 2.85 bits per heavy atom. The van der Waals surface area contributed by atoms with E-state index < -0.39 is 5.60 Å². The molecule has 0 radical (unpaired) electrons. The zero-order chi connectivity index (χ0) is 10.2. The summed E-state index contributed by atoms with van der Waals surface area (Å²) in [6.45, 7) is 3.37. The summed E-state index contributed by atoms with van der Waals surface area (Å²) in [6.07, 6.45) is 8.89.